The minimum Gasteiger partial charge on any atom is -0.480 e. The summed E-state index contributed by atoms with van der Waals surface area (Å²) in [5, 5.41) is 11.9. The van der Waals surface area contributed by atoms with Crippen molar-refractivity contribution in [1.29, 1.82) is 0 Å². The average Bonchev–Trinajstić information content (AvgIpc) is 2.93. The number of hydrogen-bond acceptors (Lipinski definition) is 3. The largest absolute Gasteiger partial charge is 0.480 e. The Morgan fingerprint density at radius 1 is 1.67 bits per heavy atom. The SMILES string of the molecule is C=C(C)COCCNC(C(=O)O)C1CC1. The third kappa shape index (κ3) is 4.95. The van der Waals surface area contributed by atoms with Crippen LogP contribution in [-0.4, -0.2) is 36.9 Å². The van der Waals surface area contributed by atoms with Gasteiger partial charge in [0.05, 0.1) is 13.2 Å². The van der Waals surface area contributed by atoms with Crippen LogP contribution in [0, 0.1) is 5.92 Å². The highest BCUT2D eigenvalue weighted by Gasteiger charge is 2.35. The van der Waals surface area contributed by atoms with E-state index in [1.54, 1.807) is 0 Å². The van der Waals surface area contributed by atoms with Crippen molar-refractivity contribution in [2.24, 2.45) is 5.92 Å². The standard InChI is InChI=1S/C11H19NO3/c1-8(2)7-15-6-5-12-10(11(13)14)9-3-4-9/h9-10,12H,1,3-7H2,2H3,(H,13,14). The van der Waals surface area contributed by atoms with E-state index in [9.17, 15) is 4.79 Å². The minimum atomic E-state index is -0.752. The Morgan fingerprint density at radius 3 is 2.80 bits per heavy atom. The molecule has 0 amide bonds. The van der Waals surface area contributed by atoms with Crippen LogP contribution in [0.1, 0.15) is 19.8 Å². The van der Waals surface area contributed by atoms with Gasteiger partial charge in [-0.05, 0) is 25.7 Å². The lowest BCUT2D eigenvalue weighted by Gasteiger charge is -2.13. The number of carbonyl (C=O) groups is 1. The van der Waals surface area contributed by atoms with Gasteiger partial charge in [-0.25, -0.2) is 0 Å². The number of ether oxygens (including phenoxy) is 1. The van der Waals surface area contributed by atoms with Crippen LogP contribution < -0.4 is 5.32 Å². The normalized spacial score (nSPS) is 17.4. The lowest BCUT2D eigenvalue weighted by molar-refractivity contribution is -0.140. The molecule has 1 unspecified atom stereocenters. The predicted octanol–water partition coefficient (Wildman–Crippen LogP) is 1.03. The maximum atomic E-state index is 10.8. The Morgan fingerprint density at radius 2 is 2.33 bits per heavy atom. The van der Waals surface area contributed by atoms with Crippen LogP contribution in [-0.2, 0) is 9.53 Å². The number of carboxylic acid groups (broad SMARTS) is 1. The number of rotatable bonds is 8. The second-order valence-electron chi connectivity index (χ2n) is 4.12. The minimum absolute atomic E-state index is 0.323. The van der Waals surface area contributed by atoms with Crippen molar-refractivity contribution in [3.63, 3.8) is 0 Å². The molecule has 2 N–H and O–H groups in total. The molecule has 0 saturated heterocycles. The molecule has 1 aliphatic rings. The van der Waals surface area contributed by atoms with Crippen molar-refractivity contribution in [2.45, 2.75) is 25.8 Å². The van der Waals surface area contributed by atoms with Crippen LogP contribution in [0.15, 0.2) is 12.2 Å². The molecular formula is C11H19NO3. The fourth-order valence-electron chi connectivity index (χ4n) is 1.42. The van der Waals surface area contributed by atoms with Crippen molar-refractivity contribution in [2.75, 3.05) is 19.8 Å². The van der Waals surface area contributed by atoms with Gasteiger partial charge < -0.3 is 15.2 Å². The third-order valence-electron chi connectivity index (χ3n) is 2.32. The highest BCUT2D eigenvalue weighted by molar-refractivity contribution is 5.74. The molecule has 1 aliphatic carbocycles. The highest BCUT2D eigenvalue weighted by atomic mass is 16.5. The summed E-state index contributed by atoms with van der Waals surface area (Å²) in [6.45, 7) is 7.27. The molecule has 1 atom stereocenters. The number of aliphatic carboxylic acids is 1. The Bertz CT molecular complexity index is 236. The average molecular weight is 213 g/mol. The van der Waals surface area contributed by atoms with Crippen molar-refractivity contribution >= 4 is 5.97 Å². The van der Waals surface area contributed by atoms with Crippen LogP contribution in [0.5, 0.6) is 0 Å². The highest BCUT2D eigenvalue weighted by Crippen LogP contribution is 2.32. The Kier molecular flexibility index (Phi) is 4.78. The lowest BCUT2D eigenvalue weighted by Crippen LogP contribution is -2.40. The topological polar surface area (TPSA) is 58.6 Å². The van der Waals surface area contributed by atoms with Crippen molar-refractivity contribution < 1.29 is 14.6 Å². The summed E-state index contributed by atoms with van der Waals surface area (Å²) >= 11 is 0. The Labute approximate surface area is 90.3 Å². The first-order chi connectivity index (χ1) is 7.11. The zero-order chi connectivity index (χ0) is 11.3. The van der Waals surface area contributed by atoms with E-state index >= 15 is 0 Å². The molecule has 0 spiro atoms. The van der Waals surface area contributed by atoms with E-state index in [0.29, 0.717) is 25.7 Å². The molecule has 0 heterocycles. The van der Waals surface area contributed by atoms with Crippen LogP contribution >= 0.6 is 0 Å². The fourth-order valence-corrected chi connectivity index (χ4v) is 1.42. The fraction of sp³-hybridized carbons (Fsp3) is 0.727. The molecule has 0 aromatic rings. The summed E-state index contributed by atoms with van der Waals surface area (Å²) in [7, 11) is 0. The van der Waals surface area contributed by atoms with Gasteiger partial charge in [-0.3, -0.25) is 4.79 Å². The van der Waals surface area contributed by atoms with Crippen LogP contribution in [0.3, 0.4) is 0 Å². The van der Waals surface area contributed by atoms with Gasteiger partial charge in [0.25, 0.3) is 0 Å². The van der Waals surface area contributed by atoms with Gasteiger partial charge in [-0.2, -0.15) is 0 Å². The molecule has 0 aliphatic heterocycles. The van der Waals surface area contributed by atoms with Gasteiger partial charge in [0.2, 0.25) is 0 Å². The summed E-state index contributed by atoms with van der Waals surface area (Å²) in [6, 6.07) is -0.390. The first-order valence-electron chi connectivity index (χ1n) is 5.29. The molecule has 1 rings (SSSR count). The van der Waals surface area contributed by atoms with E-state index in [-0.39, 0.29) is 0 Å². The van der Waals surface area contributed by atoms with E-state index < -0.39 is 12.0 Å². The third-order valence-corrected chi connectivity index (χ3v) is 2.32. The van der Waals surface area contributed by atoms with Crippen LogP contribution in [0.25, 0.3) is 0 Å². The van der Waals surface area contributed by atoms with Gasteiger partial charge in [0.15, 0.2) is 0 Å². The van der Waals surface area contributed by atoms with Crippen molar-refractivity contribution in [3.05, 3.63) is 12.2 Å². The van der Waals surface area contributed by atoms with E-state index in [2.05, 4.69) is 11.9 Å². The Hall–Kier alpha value is -0.870. The molecule has 0 radical (unpaired) electrons. The monoisotopic (exact) mass is 213 g/mol. The van der Waals surface area contributed by atoms with E-state index in [1.165, 1.54) is 0 Å². The van der Waals surface area contributed by atoms with Gasteiger partial charge >= 0.3 is 5.97 Å². The van der Waals surface area contributed by atoms with E-state index in [1.807, 2.05) is 6.92 Å². The molecule has 4 heteroatoms. The summed E-state index contributed by atoms with van der Waals surface area (Å²) < 4.78 is 5.27. The summed E-state index contributed by atoms with van der Waals surface area (Å²) in [6.07, 6.45) is 2.05. The predicted molar refractivity (Wildman–Crippen MR) is 57.8 cm³/mol. The van der Waals surface area contributed by atoms with Gasteiger partial charge in [-0.1, -0.05) is 12.2 Å². The van der Waals surface area contributed by atoms with Crippen molar-refractivity contribution in [1.82, 2.24) is 5.32 Å². The van der Waals surface area contributed by atoms with E-state index in [4.69, 9.17) is 9.84 Å². The molecule has 1 saturated carbocycles. The quantitative estimate of drug-likeness (QED) is 0.467. The van der Waals surface area contributed by atoms with Gasteiger partial charge in [0.1, 0.15) is 6.04 Å². The first kappa shape index (κ1) is 12.2. The maximum absolute atomic E-state index is 10.8. The molecule has 0 aromatic carbocycles. The molecule has 1 fully saturated rings. The second kappa shape index (κ2) is 5.88. The molecule has 15 heavy (non-hydrogen) atoms. The molecular weight excluding hydrogens is 194 g/mol. The Balaban J connectivity index is 2.06. The summed E-state index contributed by atoms with van der Waals surface area (Å²) in [5.41, 5.74) is 0.979. The molecule has 86 valence electrons. The zero-order valence-electron chi connectivity index (χ0n) is 9.16. The van der Waals surface area contributed by atoms with Gasteiger partial charge in [-0.15, -0.1) is 0 Å². The zero-order valence-corrected chi connectivity index (χ0v) is 9.16. The number of nitrogens with one attached hydrogen (secondary N) is 1. The first-order valence-corrected chi connectivity index (χ1v) is 5.29. The van der Waals surface area contributed by atoms with E-state index in [0.717, 1.165) is 18.4 Å². The maximum Gasteiger partial charge on any atom is 0.320 e. The number of carboxylic acids is 1. The smallest absolute Gasteiger partial charge is 0.320 e. The van der Waals surface area contributed by atoms with Crippen molar-refractivity contribution in [3.8, 4) is 0 Å². The molecule has 0 bridgehead atoms. The summed E-state index contributed by atoms with van der Waals surface area (Å²) in [5.74, 6) is -0.430. The lowest BCUT2D eigenvalue weighted by atomic mass is 10.2. The summed E-state index contributed by atoms with van der Waals surface area (Å²) in [4.78, 5) is 10.8. The van der Waals surface area contributed by atoms with Crippen LogP contribution in [0.4, 0.5) is 0 Å². The molecule has 0 aromatic heterocycles. The number of hydrogen-bond donors (Lipinski definition) is 2. The van der Waals surface area contributed by atoms with Gasteiger partial charge in [0, 0.05) is 6.54 Å². The molecule has 4 nitrogen and oxygen atoms in total. The van der Waals surface area contributed by atoms with Crippen LogP contribution in [0.2, 0.25) is 0 Å². The second-order valence-corrected chi connectivity index (χ2v) is 4.12.